The Hall–Kier alpha value is -2.99. The van der Waals surface area contributed by atoms with E-state index in [4.69, 9.17) is 0 Å². The van der Waals surface area contributed by atoms with Gasteiger partial charge in [-0.2, -0.15) is 0 Å². The van der Waals surface area contributed by atoms with Crippen LogP contribution < -0.4 is 5.32 Å². The normalized spacial score (nSPS) is 15.0. The maximum atomic E-state index is 13.2. The van der Waals surface area contributed by atoms with Crippen LogP contribution in [-0.2, 0) is 9.59 Å². The van der Waals surface area contributed by atoms with E-state index < -0.39 is 0 Å². The Labute approximate surface area is 164 Å². The minimum Gasteiger partial charge on any atom is -0.337 e. The van der Waals surface area contributed by atoms with Crippen LogP contribution >= 0.6 is 0 Å². The van der Waals surface area contributed by atoms with Crippen LogP contribution in [0.25, 0.3) is 6.08 Å². The van der Waals surface area contributed by atoms with Gasteiger partial charge in [-0.15, -0.1) is 0 Å². The van der Waals surface area contributed by atoms with Crippen LogP contribution in [0, 0.1) is 12.7 Å². The predicted octanol–water partition coefficient (Wildman–Crippen LogP) is 2.93. The number of halogens is 1. The number of aryl methyl sites for hydroxylation is 1. The third-order valence-electron chi connectivity index (χ3n) is 4.75. The molecule has 2 amide bonds. The second-order valence-corrected chi connectivity index (χ2v) is 6.85. The first-order valence-corrected chi connectivity index (χ1v) is 9.31. The van der Waals surface area contributed by atoms with Crippen molar-refractivity contribution in [3.63, 3.8) is 0 Å². The van der Waals surface area contributed by atoms with Crippen molar-refractivity contribution in [2.24, 2.45) is 0 Å². The summed E-state index contributed by atoms with van der Waals surface area (Å²) in [5.41, 5.74) is 2.60. The Morgan fingerprint density at radius 3 is 2.54 bits per heavy atom. The van der Waals surface area contributed by atoms with Gasteiger partial charge in [0.2, 0.25) is 11.8 Å². The van der Waals surface area contributed by atoms with Gasteiger partial charge in [0.1, 0.15) is 5.82 Å². The smallest absolute Gasteiger partial charge is 0.246 e. The lowest BCUT2D eigenvalue weighted by Crippen LogP contribution is -2.50. The molecule has 0 atom stereocenters. The molecule has 146 valence electrons. The van der Waals surface area contributed by atoms with Gasteiger partial charge < -0.3 is 10.2 Å². The standard InChI is InChI=1S/C22H24FN3O2/c1-17-5-2-3-6-18(17)9-10-22(28)26-13-11-25(12-14-26)16-21(27)24-20-8-4-7-19(23)15-20/h2-10,15H,11-14,16H2,1H3,(H,24,27)/b10-9+. The molecule has 28 heavy (non-hydrogen) atoms. The number of rotatable bonds is 5. The van der Waals surface area contributed by atoms with Crippen molar-refractivity contribution in [1.82, 2.24) is 9.80 Å². The fourth-order valence-electron chi connectivity index (χ4n) is 3.14. The average Bonchev–Trinajstić information content (AvgIpc) is 2.67. The summed E-state index contributed by atoms with van der Waals surface area (Å²) in [7, 11) is 0. The molecule has 1 aliphatic heterocycles. The van der Waals surface area contributed by atoms with Gasteiger partial charge in [0, 0.05) is 37.9 Å². The summed E-state index contributed by atoms with van der Waals surface area (Å²) in [6, 6.07) is 13.7. The summed E-state index contributed by atoms with van der Waals surface area (Å²) in [6.45, 7) is 4.63. The molecule has 0 aliphatic carbocycles. The molecule has 2 aromatic rings. The summed E-state index contributed by atoms with van der Waals surface area (Å²) >= 11 is 0. The molecule has 3 rings (SSSR count). The van der Waals surface area contributed by atoms with Gasteiger partial charge in [-0.3, -0.25) is 14.5 Å². The average molecular weight is 381 g/mol. The molecule has 1 heterocycles. The highest BCUT2D eigenvalue weighted by atomic mass is 19.1. The topological polar surface area (TPSA) is 52.7 Å². The van der Waals surface area contributed by atoms with Gasteiger partial charge in [-0.05, 0) is 42.3 Å². The highest BCUT2D eigenvalue weighted by Gasteiger charge is 2.21. The van der Waals surface area contributed by atoms with Crippen molar-refractivity contribution >= 4 is 23.6 Å². The number of carbonyl (C=O) groups excluding carboxylic acids is 2. The van der Waals surface area contributed by atoms with Gasteiger partial charge in [0.05, 0.1) is 6.54 Å². The zero-order valence-corrected chi connectivity index (χ0v) is 15.9. The van der Waals surface area contributed by atoms with Crippen molar-refractivity contribution in [2.75, 3.05) is 38.0 Å². The minimum atomic E-state index is -0.385. The number of amides is 2. The van der Waals surface area contributed by atoms with Crippen molar-refractivity contribution < 1.29 is 14.0 Å². The molecule has 1 aliphatic rings. The van der Waals surface area contributed by atoms with E-state index >= 15 is 0 Å². The molecule has 0 saturated carbocycles. The molecule has 2 aromatic carbocycles. The SMILES string of the molecule is Cc1ccccc1/C=C/C(=O)N1CCN(CC(=O)Nc2cccc(F)c2)CC1. The molecule has 6 heteroatoms. The molecule has 0 unspecified atom stereocenters. The van der Waals surface area contributed by atoms with E-state index in [1.807, 2.05) is 42.2 Å². The summed E-state index contributed by atoms with van der Waals surface area (Å²) in [6.07, 6.45) is 3.45. The second-order valence-electron chi connectivity index (χ2n) is 6.85. The molecule has 0 radical (unpaired) electrons. The first-order valence-electron chi connectivity index (χ1n) is 9.31. The first kappa shape index (κ1) is 19.8. The van der Waals surface area contributed by atoms with Crippen molar-refractivity contribution in [2.45, 2.75) is 6.92 Å². The van der Waals surface area contributed by atoms with Crippen molar-refractivity contribution in [1.29, 1.82) is 0 Å². The van der Waals surface area contributed by atoms with E-state index in [0.29, 0.717) is 31.9 Å². The number of nitrogens with one attached hydrogen (secondary N) is 1. The van der Waals surface area contributed by atoms with Gasteiger partial charge >= 0.3 is 0 Å². The molecule has 0 spiro atoms. The largest absolute Gasteiger partial charge is 0.337 e. The van der Waals surface area contributed by atoms with Crippen LogP contribution in [0.3, 0.4) is 0 Å². The zero-order chi connectivity index (χ0) is 19.9. The lowest BCUT2D eigenvalue weighted by molar-refractivity contribution is -0.127. The van der Waals surface area contributed by atoms with E-state index in [2.05, 4.69) is 5.32 Å². The quantitative estimate of drug-likeness (QED) is 0.811. The van der Waals surface area contributed by atoms with Crippen LogP contribution in [0.5, 0.6) is 0 Å². The monoisotopic (exact) mass is 381 g/mol. The Morgan fingerprint density at radius 2 is 1.82 bits per heavy atom. The van der Waals surface area contributed by atoms with Gasteiger partial charge in [0.15, 0.2) is 0 Å². The fraction of sp³-hybridized carbons (Fsp3) is 0.273. The third-order valence-corrected chi connectivity index (χ3v) is 4.75. The number of hydrogen-bond acceptors (Lipinski definition) is 3. The van der Waals surface area contributed by atoms with Crippen LogP contribution in [0.4, 0.5) is 10.1 Å². The Kier molecular flexibility index (Phi) is 6.55. The summed E-state index contributed by atoms with van der Waals surface area (Å²) in [5, 5.41) is 2.70. The van der Waals surface area contributed by atoms with Gasteiger partial charge in [0.25, 0.3) is 0 Å². The summed E-state index contributed by atoms with van der Waals surface area (Å²) < 4.78 is 13.2. The molecular formula is C22H24FN3O2. The second kappa shape index (κ2) is 9.28. The first-order chi connectivity index (χ1) is 13.5. The number of benzene rings is 2. The fourth-order valence-corrected chi connectivity index (χ4v) is 3.14. The van der Waals surface area contributed by atoms with E-state index in [1.54, 1.807) is 23.1 Å². The highest BCUT2D eigenvalue weighted by molar-refractivity contribution is 5.93. The Balaban J connectivity index is 1.45. The number of piperazine rings is 1. The van der Waals surface area contributed by atoms with E-state index in [0.717, 1.165) is 11.1 Å². The molecule has 0 bridgehead atoms. The highest BCUT2D eigenvalue weighted by Crippen LogP contribution is 2.11. The Bertz CT molecular complexity index is 874. The Morgan fingerprint density at radius 1 is 1.07 bits per heavy atom. The third kappa shape index (κ3) is 5.50. The number of carbonyl (C=O) groups is 2. The molecule has 1 N–H and O–H groups in total. The molecule has 1 fully saturated rings. The zero-order valence-electron chi connectivity index (χ0n) is 15.9. The van der Waals surface area contributed by atoms with Crippen molar-refractivity contribution in [3.05, 3.63) is 71.6 Å². The minimum absolute atomic E-state index is 0.0212. The van der Waals surface area contributed by atoms with Crippen LogP contribution in [0.1, 0.15) is 11.1 Å². The lowest BCUT2D eigenvalue weighted by Gasteiger charge is -2.33. The maximum Gasteiger partial charge on any atom is 0.246 e. The molecule has 5 nitrogen and oxygen atoms in total. The molecule has 0 aromatic heterocycles. The van der Waals surface area contributed by atoms with Gasteiger partial charge in [-0.25, -0.2) is 4.39 Å². The van der Waals surface area contributed by atoms with Crippen LogP contribution in [-0.4, -0.2) is 54.3 Å². The molecular weight excluding hydrogens is 357 g/mol. The maximum absolute atomic E-state index is 13.2. The number of hydrogen-bond donors (Lipinski definition) is 1. The summed E-state index contributed by atoms with van der Waals surface area (Å²) in [4.78, 5) is 28.3. The van der Waals surface area contributed by atoms with Gasteiger partial charge in [-0.1, -0.05) is 30.3 Å². The molecule has 1 saturated heterocycles. The van der Waals surface area contributed by atoms with Crippen LogP contribution in [0.2, 0.25) is 0 Å². The van der Waals surface area contributed by atoms with E-state index in [1.165, 1.54) is 12.1 Å². The van der Waals surface area contributed by atoms with E-state index in [9.17, 15) is 14.0 Å². The number of anilines is 1. The summed E-state index contributed by atoms with van der Waals surface area (Å²) in [5.74, 6) is -0.597. The van der Waals surface area contributed by atoms with E-state index in [-0.39, 0.29) is 24.2 Å². The van der Waals surface area contributed by atoms with Crippen molar-refractivity contribution in [3.8, 4) is 0 Å². The van der Waals surface area contributed by atoms with Crippen LogP contribution in [0.15, 0.2) is 54.6 Å². The number of nitrogens with zero attached hydrogens (tertiary/aromatic N) is 2. The predicted molar refractivity (Wildman–Crippen MR) is 108 cm³/mol. The lowest BCUT2D eigenvalue weighted by atomic mass is 10.1.